The first-order valence-corrected chi connectivity index (χ1v) is 9.47. The van der Waals surface area contributed by atoms with Crippen LogP contribution in [-0.2, 0) is 4.79 Å². The highest BCUT2D eigenvalue weighted by molar-refractivity contribution is 5.83. The molecule has 1 atom stereocenters. The molecule has 1 aliphatic heterocycles. The van der Waals surface area contributed by atoms with E-state index in [1.165, 1.54) is 12.1 Å². The SMILES string of the molecule is Cc1cccc(C(C(=O)N(C)C)N2CCN(c3cc(F)c(C#N)c(F)c3)CC2)c1. The third-order valence-electron chi connectivity index (χ3n) is 5.22. The number of carbonyl (C=O) groups excluding carboxylic acids is 1. The van der Waals surface area contributed by atoms with E-state index < -0.39 is 23.2 Å². The molecule has 1 unspecified atom stereocenters. The Morgan fingerprint density at radius 3 is 2.24 bits per heavy atom. The monoisotopic (exact) mass is 398 g/mol. The van der Waals surface area contributed by atoms with Crippen molar-refractivity contribution in [3.05, 3.63) is 64.7 Å². The molecule has 29 heavy (non-hydrogen) atoms. The number of carbonyl (C=O) groups is 1. The van der Waals surface area contributed by atoms with E-state index >= 15 is 0 Å². The van der Waals surface area contributed by atoms with E-state index in [9.17, 15) is 13.6 Å². The summed E-state index contributed by atoms with van der Waals surface area (Å²) in [6.07, 6.45) is 0. The van der Waals surface area contributed by atoms with Crippen LogP contribution in [0, 0.1) is 29.9 Å². The molecule has 0 aromatic heterocycles. The van der Waals surface area contributed by atoms with Gasteiger partial charge in [0.05, 0.1) is 0 Å². The zero-order chi connectivity index (χ0) is 21.1. The second kappa shape index (κ2) is 8.58. The van der Waals surface area contributed by atoms with E-state index in [-0.39, 0.29) is 5.91 Å². The van der Waals surface area contributed by atoms with Crippen molar-refractivity contribution < 1.29 is 13.6 Å². The molecule has 1 heterocycles. The minimum absolute atomic E-state index is 0.000452. The number of nitriles is 1. The van der Waals surface area contributed by atoms with Gasteiger partial charge in [0.25, 0.3) is 0 Å². The fourth-order valence-electron chi connectivity index (χ4n) is 3.68. The number of amides is 1. The third kappa shape index (κ3) is 4.38. The molecule has 1 saturated heterocycles. The van der Waals surface area contributed by atoms with Crippen LogP contribution in [0.5, 0.6) is 0 Å². The van der Waals surface area contributed by atoms with Crippen LogP contribution in [0.1, 0.15) is 22.7 Å². The number of aryl methyl sites for hydroxylation is 1. The highest BCUT2D eigenvalue weighted by Gasteiger charge is 2.32. The number of nitrogens with zero attached hydrogens (tertiary/aromatic N) is 4. The lowest BCUT2D eigenvalue weighted by molar-refractivity contribution is -0.134. The van der Waals surface area contributed by atoms with Crippen molar-refractivity contribution in [1.29, 1.82) is 5.26 Å². The Balaban J connectivity index is 1.80. The average Bonchev–Trinajstić information content (AvgIpc) is 2.68. The van der Waals surface area contributed by atoms with Gasteiger partial charge in [-0.3, -0.25) is 9.69 Å². The number of halogens is 2. The largest absolute Gasteiger partial charge is 0.369 e. The number of anilines is 1. The van der Waals surface area contributed by atoms with Crippen LogP contribution in [0.15, 0.2) is 36.4 Å². The highest BCUT2D eigenvalue weighted by Crippen LogP contribution is 2.28. The zero-order valence-electron chi connectivity index (χ0n) is 16.8. The summed E-state index contributed by atoms with van der Waals surface area (Å²) in [7, 11) is 3.48. The van der Waals surface area contributed by atoms with Crippen molar-refractivity contribution in [3.8, 4) is 6.07 Å². The van der Waals surface area contributed by atoms with Gasteiger partial charge in [-0.05, 0) is 24.6 Å². The van der Waals surface area contributed by atoms with Crippen LogP contribution >= 0.6 is 0 Å². The Morgan fingerprint density at radius 1 is 1.10 bits per heavy atom. The van der Waals surface area contributed by atoms with Gasteiger partial charge in [0, 0.05) is 46.0 Å². The molecule has 0 N–H and O–H groups in total. The fraction of sp³-hybridized carbons (Fsp3) is 0.364. The summed E-state index contributed by atoms with van der Waals surface area (Å²) < 4.78 is 28.0. The second-order valence-electron chi connectivity index (χ2n) is 7.47. The highest BCUT2D eigenvalue weighted by atomic mass is 19.1. The molecule has 1 amide bonds. The molecule has 2 aromatic rings. The standard InChI is InChI=1S/C22H24F2N4O/c1-15-5-4-6-16(11-15)21(22(29)26(2)3)28-9-7-27(8-10-28)17-12-19(23)18(14-25)20(24)13-17/h4-6,11-13,21H,7-10H2,1-3H3. The first-order valence-electron chi connectivity index (χ1n) is 9.47. The molecule has 152 valence electrons. The Labute approximate surface area is 169 Å². The summed E-state index contributed by atoms with van der Waals surface area (Å²) in [6, 6.07) is 11.4. The van der Waals surface area contributed by atoms with Gasteiger partial charge < -0.3 is 9.80 Å². The molecule has 0 radical (unpaired) electrons. The van der Waals surface area contributed by atoms with Crippen molar-refractivity contribution in [2.75, 3.05) is 45.2 Å². The van der Waals surface area contributed by atoms with E-state index in [2.05, 4.69) is 4.90 Å². The van der Waals surface area contributed by atoms with Gasteiger partial charge in [-0.25, -0.2) is 8.78 Å². The van der Waals surface area contributed by atoms with E-state index in [1.54, 1.807) is 25.1 Å². The summed E-state index contributed by atoms with van der Waals surface area (Å²) >= 11 is 0. The average molecular weight is 398 g/mol. The smallest absolute Gasteiger partial charge is 0.244 e. The van der Waals surface area contributed by atoms with Gasteiger partial charge >= 0.3 is 0 Å². The van der Waals surface area contributed by atoms with Crippen LogP contribution in [0.25, 0.3) is 0 Å². The van der Waals surface area contributed by atoms with Crippen LogP contribution in [0.3, 0.4) is 0 Å². The molecule has 5 nitrogen and oxygen atoms in total. The van der Waals surface area contributed by atoms with E-state index in [4.69, 9.17) is 5.26 Å². The fourth-order valence-corrected chi connectivity index (χ4v) is 3.68. The second-order valence-corrected chi connectivity index (χ2v) is 7.47. The Morgan fingerprint density at radius 2 is 1.72 bits per heavy atom. The van der Waals surface area contributed by atoms with Crippen LogP contribution < -0.4 is 4.90 Å². The molecule has 0 spiro atoms. The Hall–Kier alpha value is -2.98. The predicted molar refractivity (Wildman–Crippen MR) is 107 cm³/mol. The van der Waals surface area contributed by atoms with Crippen molar-refractivity contribution in [3.63, 3.8) is 0 Å². The molecule has 3 rings (SSSR count). The van der Waals surface area contributed by atoms with E-state index in [1.807, 2.05) is 36.1 Å². The van der Waals surface area contributed by atoms with Crippen LogP contribution in [0.2, 0.25) is 0 Å². The molecule has 0 aliphatic carbocycles. The summed E-state index contributed by atoms with van der Waals surface area (Å²) in [5.41, 5.74) is 1.86. The predicted octanol–water partition coefficient (Wildman–Crippen LogP) is 3.10. The van der Waals surface area contributed by atoms with Gasteiger partial charge in [-0.2, -0.15) is 5.26 Å². The molecule has 1 aliphatic rings. The first-order chi connectivity index (χ1) is 13.8. The lowest BCUT2D eigenvalue weighted by Gasteiger charge is -2.40. The molecule has 0 bridgehead atoms. The minimum atomic E-state index is -0.856. The summed E-state index contributed by atoms with van der Waals surface area (Å²) in [6.45, 7) is 4.18. The number of hydrogen-bond donors (Lipinski definition) is 0. The lowest BCUT2D eigenvalue weighted by atomic mass is 10.0. The van der Waals surface area contributed by atoms with Crippen molar-refractivity contribution in [2.45, 2.75) is 13.0 Å². The van der Waals surface area contributed by atoms with E-state index in [0.29, 0.717) is 31.9 Å². The number of likely N-dealkylation sites (N-methyl/N-ethyl adjacent to an activating group) is 1. The number of benzene rings is 2. The van der Waals surface area contributed by atoms with Crippen LogP contribution in [-0.4, -0.2) is 56.0 Å². The molecular formula is C22H24F2N4O. The van der Waals surface area contributed by atoms with E-state index in [0.717, 1.165) is 11.1 Å². The lowest BCUT2D eigenvalue weighted by Crippen LogP contribution is -2.51. The Bertz CT molecular complexity index is 923. The van der Waals surface area contributed by atoms with Gasteiger partial charge in [0.2, 0.25) is 5.91 Å². The zero-order valence-corrected chi connectivity index (χ0v) is 16.8. The van der Waals surface area contributed by atoms with Crippen molar-refractivity contribution >= 4 is 11.6 Å². The number of piperazine rings is 1. The summed E-state index contributed by atoms with van der Waals surface area (Å²) in [4.78, 5) is 18.5. The molecule has 1 fully saturated rings. The molecule has 2 aromatic carbocycles. The normalized spacial score (nSPS) is 15.7. The number of hydrogen-bond acceptors (Lipinski definition) is 4. The molecule has 7 heteroatoms. The van der Waals surface area contributed by atoms with Gasteiger partial charge in [0.15, 0.2) is 0 Å². The van der Waals surface area contributed by atoms with Gasteiger partial charge in [-0.15, -0.1) is 0 Å². The van der Waals surface area contributed by atoms with Crippen molar-refractivity contribution in [1.82, 2.24) is 9.80 Å². The van der Waals surface area contributed by atoms with Crippen LogP contribution in [0.4, 0.5) is 14.5 Å². The van der Waals surface area contributed by atoms with Gasteiger partial charge in [-0.1, -0.05) is 29.8 Å². The minimum Gasteiger partial charge on any atom is -0.369 e. The van der Waals surface area contributed by atoms with Crippen molar-refractivity contribution in [2.24, 2.45) is 0 Å². The summed E-state index contributed by atoms with van der Waals surface area (Å²) in [5, 5.41) is 8.83. The third-order valence-corrected chi connectivity index (χ3v) is 5.22. The molecular weight excluding hydrogens is 374 g/mol. The summed E-state index contributed by atoms with van der Waals surface area (Å²) in [5.74, 6) is -1.71. The maximum atomic E-state index is 14.0. The Kier molecular flexibility index (Phi) is 6.14. The maximum Gasteiger partial charge on any atom is 0.244 e. The van der Waals surface area contributed by atoms with Gasteiger partial charge in [0.1, 0.15) is 29.3 Å². The topological polar surface area (TPSA) is 50.6 Å². The first kappa shape index (κ1) is 20.7. The number of rotatable bonds is 4. The maximum absolute atomic E-state index is 14.0. The quantitative estimate of drug-likeness (QED) is 0.794. The molecule has 0 saturated carbocycles.